The fourth-order valence-electron chi connectivity index (χ4n) is 5.48. The van der Waals surface area contributed by atoms with Crippen molar-refractivity contribution in [3.63, 3.8) is 0 Å². The molecule has 0 spiro atoms. The normalized spacial score (nSPS) is 21.4. The summed E-state index contributed by atoms with van der Waals surface area (Å²) in [6, 6.07) is 17.7. The van der Waals surface area contributed by atoms with Gasteiger partial charge in [-0.3, -0.25) is 4.90 Å². The molecule has 2 saturated heterocycles. The summed E-state index contributed by atoms with van der Waals surface area (Å²) >= 11 is 1.57. The van der Waals surface area contributed by atoms with Gasteiger partial charge in [-0.25, -0.2) is 14.4 Å². The minimum Gasteiger partial charge on any atom is -0.480 e. The third-order valence-corrected chi connectivity index (χ3v) is 8.20. The number of para-hydroxylation sites is 2. The van der Waals surface area contributed by atoms with Gasteiger partial charge in [-0.15, -0.1) is 0 Å². The van der Waals surface area contributed by atoms with Crippen LogP contribution in [0.3, 0.4) is 0 Å². The molecule has 2 aliphatic rings. The molecule has 192 valence electrons. The van der Waals surface area contributed by atoms with Crippen molar-refractivity contribution in [1.82, 2.24) is 14.7 Å². The number of piperazine rings is 1. The first-order valence-corrected chi connectivity index (χ1v) is 13.3. The lowest BCUT2D eigenvalue weighted by Crippen LogP contribution is -2.67. The zero-order valence-corrected chi connectivity index (χ0v) is 21.6. The monoisotopic (exact) mass is 518 g/mol. The van der Waals surface area contributed by atoms with Crippen molar-refractivity contribution >= 4 is 40.7 Å². The van der Waals surface area contributed by atoms with Crippen LogP contribution in [-0.2, 0) is 4.79 Å². The summed E-state index contributed by atoms with van der Waals surface area (Å²) in [5.41, 5.74) is 2.34. The van der Waals surface area contributed by atoms with Crippen LogP contribution in [0.2, 0.25) is 0 Å². The Kier molecular flexibility index (Phi) is 6.88. The number of rotatable bonds is 5. The minimum absolute atomic E-state index is 0.146. The van der Waals surface area contributed by atoms with Gasteiger partial charge in [0.15, 0.2) is 6.04 Å². The van der Waals surface area contributed by atoms with E-state index < -0.39 is 24.1 Å². The summed E-state index contributed by atoms with van der Waals surface area (Å²) in [5.74, 6) is -1.11. The van der Waals surface area contributed by atoms with E-state index in [4.69, 9.17) is 0 Å². The molecule has 3 aromatic rings. The Morgan fingerprint density at radius 2 is 1.57 bits per heavy atom. The Hall–Kier alpha value is -3.85. The number of carboxylic acids is 1. The van der Waals surface area contributed by atoms with Crippen molar-refractivity contribution < 1.29 is 19.5 Å². The standard InChI is InChI=1S/C28H30N4O4S/c1-19(20-15-16-37-18-20)29(2)27(35)32-23-13-14-24(32)25(26(33)34)30(17-23)28(36)31(21-9-5-3-6-10-21)22-11-7-4-8-12-22/h3-12,15-16,18-19,23-25H,13-14,17H2,1-2H3,(H,33,34)/t19?,23-,24+,25-/m0/s1. The molecular weight excluding hydrogens is 488 g/mol. The number of carbonyl (C=O) groups excluding carboxylic acids is 2. The lowest BCUT2D eigenvalue weighted by molar-refractivity contribution is -0.145. The van der Waals surface area contributed by atoms with Gasteiger partial charge in [0.25, 0.3) is 0 Å². The van der Waals surface area contributed by atoms with Gasteiger partial charge in [0, 0.05) is 13.6 Å². The molecule has 1 N–H and O–H groups in total. The first-order chi connectivity index (χ1) is 17.9. The highest BCUT2D eigenvalue weighted by Crippen LogP contribution is 2.38. The molecule has 9 heteroatoms. The Morgan fingerprint density at radius 3 is 2.11 bits per heavy atom. The predicted octanol–water partition coefficient (Wildman–Crippen LogP) is 5.42. The number of urea groups is 2. The van der Waals surface area contributed by atoms with Gasteiger partial charge in [-0.1, -0.05) is 36.4 Å². The summed E-state index contributed by atoms with van der Waals surface area (Å²) in [5, 5.41) is 14.3. The van der Waals surface area contributed by atoms with E-state index in [1.54, 1.807) is 33.1 Å². The number of hydrogen-bond acceptors (Lipinski definition) is 4. The van der Waals surface area contributed by atoms with Crippen molar-refractivity contribution in [2.45, 2.75) is 43.9 Å². The summed E-state index contributed by atoms with van der Waals surface area (Å²) in [4.78, 5) is 46.8. The maximum absolute atomic E-state index is 14.1. The van der Waals surface area contributed by atoms with Crippen LogP contribution in [0.1, 0.15) is 31.4 Å². The summed E-state index contributed by atoms with van der Waals surface area (Å²) in [6.07, 6.45) is 1.19. The predicted molar refractivity (Wildman–Crippen MR) is 143 cm³/mol. The molecule has 2 aliphatic heterocycles. The van der Waals surface area contributed by atoms with Gasteiger partial charge in [-0.2, -0.15) is 11.3 Å². The minimum atomic E-state index is -1.14. The molecule has 0 saturated carbocycles. The summed E-state index contributed by atoms with van der Waals surface area (Å²) in [6.45, 7) is 2.13. The van der Waals surface area contributed by atoms with E-state index in [0.717, 1.165) is 5.56 Å². The quantitative estimate of drug-likeness (QED) is 0.489. The number of benzene rings is 2. The number of amides is 4. The van der Waals surface area contributed by atoms with Crippen molar-refractivity contribution in [2.75, 3.05) is 18.5 Å². The highest BCUT2D eigenvalue weighted by atomic mass is 32.1. The molecule has 0 radical (unpaired) electrons. The second kappa shape index (κ2) is 10.3. The van der Waals surface area contributed by atoms with Crippen molar-refractivity contribution in [1.29, 1.82) is 0 Å². The smallest absolute Gasteiger partial charge is 0.329 e. The second-order valence-corrected chi connectivity index (χ2v) is 10.3. The van der Waals surface area contributed by atoms with Crippen LogP contribution in [0.5, 0.6) is 0 Å². The lowest BCUT2D eigenvalue weighted by atomic mass is 10.0. The van der Waals surface area contributed by atoms with E-state index in [1.165, 1.54) is 4.90 Å². The number of carboxylic acid groups (broad SMARTS) is 1. The van der Waals surface area contributed by atoms with Gasteiger partial charge < -0.3 is 19.8 Å². The third kappa shape index (κ3) is 4.55. The maximum Gasteiger partial charge on any atom is 0.329 e. The van der Waals surface area contributed by atoms with E-state index >= 15 is 0 Å². The molecule has 37 heavy (non-hydrogen) atoms. The van der Waals surface area contributed by atoms with Crippen molar-refractivity contribution in [2.24, 2.45) is 0 Å². The zero-order valence-electron chi connectivity index (χ0n) is 20.8. The molecule has 2 bridgehead atoms. The maximum atomic E-state index is 14.1. The molecule has 4 atom stereocenters. The molecule has 4 amide bonds. The highest BCUT2D eigenvalue weighted by molar-refractivity contribution is 7.08. The average molecular weight is 519 g/mol. The zero-order chi connectivity index (χ0) is 26.1. The number of fused-ring (bicyclic) bond motifs is 2. The fourth-order valence-corrected chi connectivity index (χ4v) is 6.23. The van der Waals surface area contributed by atoms with Gasteiger partial charge in [-0.05, 0) is 66.4 Å². The Morgan fingerprint density at radius 1 is 0.946 bits per heavy atom. The van der Waals surface area contributed by atoms with Gasteiger partial charge >= 0.3 is 18.0 Å². The molecule has 8 nitrogen and oxygen atoms in total. The molecule has 0 aliphatic carbocycles. The number of hydrogen-bond donors (Lipinski definition) is 1. The number of likely N-dealkylation sites (tertiary alicyclic amines) is 1. The average Bonchev–Trinajstić information content (AvgIpc) is 3.55. The summed E-state index contributed by atoms with van der Waals surface area (Å²) in [7, 11) is 1.75. The first kappa shape index (κ1) is 24.8. The highest BCUT2D eigenvalue weighted by Gasteiger charge is 2.54. The van der Waals surface area contributed by atoms with E-state index in [-0.39, 0.29) is 24.7 Å². The van der Waals surface area contributed by atoms with Crippen LogP contribution in [0, 0.1) is 0 Å². The van der Waals surface area contributed by atoms with Crippen molar-refractivity contribution in [3.8, 4) is 0 Å². The SMILES string of the molecule is CC(c1ccsc1)N(C)C(=O)N1[C@H]2CC[C@@H]1[C@@H](C(=O)O)N(C(=O)N(c1ccccc1)c1ccccc1)C2. The molecule has 1 aromatic heterocycles. The van der Waals surface area contributed by atoms with E-state index in [0.29, 0.717) is 24.2 Å². The van der Waals surface area contributed by atoms with Crippen LogP contribution < -0.4 is 4.90 Å². The van der Waals surface area contributed by atoms with E-state index in [2.05, 4.69) is 0 Å². The number of aliphatic carboxylic acids is 1. The van der Waals surface area contributed by atoms with Crippen LogP contribution in [0.25, 0.3) is 0 Å². The largest absolute Gasteiger partial charge is 0.480 e. The van der Waals surface area contributed by atoms with Gasteiger partial charge in [0.2, 0.25) is 0 Å². The van der Waals surface area contributed by atoms with Crippen molar-refractivity contribution in [3.05, 3.63) is 83.1 Å². The van der Waals surface area contributed by atoms with Crippen LogP contribution in [0.15, 0.2) is 77.5 Å². The van der Waals surface area contributed by atoms with Gasteiger partial charge in [0.1, 0.15) is 0 Å². The van der Waals surface area contributed by atoms with Crippen LogP contribution >= 0.6 is 11.3 Å². The van der Waals surface area contributed by atoms with E-state index in [9.17, 15) is 19.5 Å². The van der Waals surface area contributed by atoms with Crippen LogP contribution in [-0.4, -0.2) is 69.6 Å². The first-order valence-electron chi connectivity index (χ1n) is 12.4. The molecule has 1 unspecified atom stereocenters. The lowest BCUT2D eigenvalue weighted by Gasteiger charge is -2.47. The second-order valence-electron chi connectivity index (χ2n) is 9.56. The molecule has 5 rings (SSSR count). The Balaban J connectivity index is 1.45. The molecular formula is C28H30N4O4S. The van der Waals surface area contributed by atoms with Gasteiger partial charge in [0.05, 0.1) is 29.5 Å². The third-order valence-electron chi connectivity index (χ3n) is 7.50. The number of carbonyl (C=O) groups is 3. The Labute approximate surface area is 220 Å². The Bertz CT molecular complexity index is 1210. The van der Waals surface area contributed by atoms with E-state index in [1.807, 2.05) is 84.4 Å². The van der Waals surface area contributed by atoms with Crippen LogP contribution in [0.4, 0.5) is 21.0 Å². The number of thiophene rings is 1. The summed E-state index contributed by atoms with van der Waals surface area (Å²) < 4.78 is 0. The number of anilines is 2. The topological polar surface area (TPSA) is 84.4 Å². The number of nitrogens with zero attached hydrogens (tertiary/aromatic N) is 4. The molecule has 3 heterocycles. The molecule has 2 aromatic carbocycles. The fraction of sp³-hybridized carbons (Fsp3) is 0.321. The molecule has 2 fully saturated rings.